The average Bonchev–Trinajstić information content (AvgIpc) is 2.43. The van der Waals surface area contributed by atoms with E-state index in [-0.39, 0.29) is 5.92 Å². The molecule has 5 nitrogen and oxygen atoms in total. The molecule has 0 aromatic carbocycles. The Bertz CT molecular complexity index is 524. The van der Waals surface area contributed by atoms with Gasteiger partial charge in [0.1, 0.15) is 5.82 Å². The van der Waals surface area contributed by atoms with Gasteiger partial charge in [-0.1, -0.05) is 13.8 Å². The molecule has 0 radical (unpaired) electrons. The predicted molar refractivity (Wildman–Crippen MR) is 51.1 cm³/mol. The van der Waals surface area contributed by atoms with Crippen LogP contribution in [0, 0.1) is 0 Å². The van der Waals surface area contributed by atoms with Crippen molar-refractivity contribution in [3.63, 3.8) is 0 Å². The van der Waals surface area contributed by atoms with E-state index in [1.54, 1.807) is 13.2 Å². The van der Waals surface area contributed by atoms with E-state index in [0.717, 1.165) is 0 Å². The van der Waals surface area contributed by atoms with Crippen LogP contribution in [0.1, 0.15) is 25.6 Å². The number of nitrogens with zero attached hydrogens (tertiary/aromatic N) is 3. The van der Waals surface area contributed by atoms with E-state index in [2.05, 4.69) is 9.97 Å². The number of aryl methyl sites for hydroxylation is 1. The second-order valence-electron chi connectivity index (χ2n) is 3.50. The van der Waals surface area contributed by atoms with Crippen LogP contribution < -0.4 is 5.76 Å². The Kier molecular flexibility index (Phi) is 1.87. The zero-order chi connectivity index (χ0) is 10.3. The quantitative estimate of drug-likeness (QED) is 0.679. The smallest absolute Gasteiger partial charge is 0.404 e. The molecule has 0 aliphatic carbocycles. The summed E-state index contributed by atoms with van der Waals surface area (Å²) in [5.41, 5.74) is 0.982. The lowest BCUT2D eigenvalue weighted by Crippen LogP contribution is -2.09. The first-order valence-electron chi connectivity index (χ1n) is 4.42. The highest BCUT2D eigenvalue weighted by atomic mass is 16.4. The van der Waals surface area contributed by atoms with Gasteiger partial charge in [-0.2, -0.15) is 0 Å². The summed E-state index contributed by atoms with van der Waals surface area (Å²) in [7, 11) is 1.63. The van der Waals surface area contributed by atoms with E-state index in [9.17, 15) is 4.79 Å². The fourth-order valence-corrected chi connectivity index (χ4v) is 1.21. The summed E-state index contributed by atoms with van der Waals surface area (Å²) in [5, 5.41) is 0. The first-order chi connectivity index (χ1) is 6.59. The molecule has 0 aliphatic heterocycles. The van der Waals surface area contributed by atoms with Gasteiger partial charge in [0.15, 0.2) is 11.2 Å². The van der Waals surface area contributed by atoms with Gasteiger partial charge in [0.2, 0.25) is 0 Å². The van der Waals surface area contributed by atoms with Gasteiger partial charge in [0.05, 0.1) is 6.20 Å². The molecule has 2 rings (SSSR count). The standard InChI is InChI=1S/C9H11N3O2/c1-5(2)7-10-4-6-8(11-7)12(3)9(13)14-6/h4-5H,1-3H3. The Morgan fingerprint density at radius 3 is 2.86 bits per heavy atom. The average molecular weight is 193 g/mol. The van der Waals surface area contributed by atoms with Crippen LogP contribution >= 0.6 is 0 Å². The molecular formula is C9H11N3O2. The second kappa shape index (κ2) is 2.94. The Balaban J connectivity index is 2.76. The Morgan fingerprint density at radius 1 is 1.50 bits per heavy atom. The van der Waals surface area contributed by atoms with Crippen LogP contribution in [0.3, 0.4) is 0 Å². The minimum absolute atomic E-state index is 0.240. The maximum absolute atomic E-state index is 11.1. The van der Waals surface area contributed by atoms with Crippen molar-refractivity contribution in [3.05, 3.63) is 22.6 Å². The molecule has 2 aromatic rings. The first kappa shape index (κ1) is 8.93. The molecule has 0 N–H and O–H groups in total. The summed E-state index contributed by atoms with van der Waals surface area (Å²) < 4.78 is 6.29. The minimum atomic E-state index is -0.407. The zero-order valence-corrected chi connectivity index (χ0v) is 8.31. The Hall–Kier alpha value is -1.65. The van der Waals surface area contributed by atoms with Crippen LogP contribution in [0.5, 0.6) is 0 Å². The summed E-state index contributed by atoms with van der Waals surface area (Å²) in [6, 6.07) is 0. The fourth-order valence-electron chi connectivity index (χ4n) is 1.21. The molecular weight excluding hydrogens is 182 g/mol. The highest BCUT2D eigenvalue weighted by molar-refractivity contribution is 5.66. The van der Waals surface area contributed by atoms with Crippen LogP contribution in [0.4, 0.5) is 0 Å². The van der Waals surface area contributed by atoms with E-state index in [0.29, 0.717) is 17.1 Å². The maximum atomic E-state index is 11.1. The van der Waals surface area contributed by atoms with Gasteiger partial charge in [-0.15, -0.1) is 0 Å². The number of hydrogen-bond acceptors (Lipinski definition) is 4. The maximum Gasteiger partial charge on any atom is 0.420 e. The van der Waals surface area contributed by atoms with Gasteiger partial charge in [-0.3, -0.25) is 4.57 Å². The number of hydrogen-bond donors (Lipinski definition) is 0. The Morgan fingerprint density at radius 2 is 2.21 bits per heavy atom. The van der Waals surface area contributed by atoms with Crippen LogP contribution in [0.25, 0.3) is 11.2 Å². The normalized spacial score (nSPS) is 11.4. The van der Waals surface area contributed by atoms with Crippen LogP contribution in [-0.4, -0.2) is 14.5 Å². The molecule has 0 atom stereocenters. The third-order valence-corrected chi connectivity index (χ3v) is 2.06. The molecule has 0 bridgehead atoms. The number of oxazole rings is 1. The molecule has 0 spiro atoms. The van der Waals surface area contributed by atoms with E-state index >= 15 is 0 Å². The second-order valence-corrected chi connectivity index (χ2v) is 3.50. The summed E-state index contributed by atoms with van der Waals surface area (Å²) in [4.78, 5) is 19.5. The van der Waals surface area contributed by atoms with Crippen molar-refractivity contribution in [2.75, 3.05) is 0 Å². The van der Waals surface area contributed by atoms with Crippen molar-refractivity contribution < 1.29 is 4.42 Å². The zero-order valence-electron chi connectivity index (χ0n) is 8.31. The molecule has 74 valence electrons. The Labute approximate surface area is 80.4 Å². The topological polar surface area (TPSA) is 60.9 Å². The lowest BCUT2D eigenvalue weighted by molar-refractivity contribution is 0.527. The molecule has 0 aliphatic rings. The third-order valence-electron chi connectivity index (χ3n) is 2.06. The first-order valence-corrected chi connectivity index (χ1v) is 4.42. The van der Waals surface area contributed by atoms with Gasteiger partial charge >= 0.3 is 5.76 Å². The molecule has 2 aromatic heterocycles. The summed E-state index contributed by atoms with van der Waals surface area (Å²) in [5.74, 6) is 0.550. The van der Waals surface area contributed by atoms with Gasteiger partial charge < -0.3 is 4.42 Å². The third kappa shape index (κ3) is 1.21. The van der Waals surface area contributed by atoms with Crippen molar-refractivity contribution in [1.29, 1.82) is 0 Å². The molecule has 0 saturated carbocycles. The van der Waals surface area contributed by atoms with E-state index in [1.165, 1.54) is 4.57 Å². The number of aromatic nitrogens is 3. The molecule has 5 heteroatoms. The number of fused-ring (bicyclic) bond motifs is 1. The van der Waals surface area contributed by atoms with Crippen molar-refractivity contribution in [3.8, 4) is 0 Å². The highest BCUT2D eigenvalue weighted by Crippen LogP contribution is 2.12. The number of rotatable bonds is 1. The lowest BCUT2D eigenvalue weighted by atomic mass is 10.2. The van der Waals surface area contributed by atoms with Gasteiger partial charge in [0, 0.05) is 13.0 Å². The summed E-state index contributed by atoms with van der Waals surface area (Å²) in [6.45, 7) is 4.00. The van der Waals surface area contributed by atoms with E-state index in [4.69, 9.17) is 4.42 Å². The van der Waals surface area contributed by atoms with Crippen molar-refractivity contribution in [2.45, 2.75) is 19.8 Å². The van der Waals surface area contributed by atoms with Gasteiger partial charge in [-0.25, -0.2) is 14.8 Å². The van der Waals surface area contributed by atoms with Crippen molar-refractivity contribution >= 4 is 11.2 Å². The van der Waals surface area contributed by atoms with E-state index in [1.807, 2.05) is 13.8 Å². The molecule has 2 heterocycles. The molecule has 0 saturated heterocycles. The van der Waals surface area contributed by atoms with Crippen molar-refractivity contribution in [1.82, 2.24) is 14.5 Å². The van der Waals surface area contributed by atoms with Crippen LogP contribution in [-0.2, 0) is 7.05 Å². The molecule has 14 heavy (non-hydrogen) atoms. The summed E-state index contributed by atoms with van der Waals surface area (Å²) >= 11 is 0. The van der Waals surface area contributed by atoms with Gasteiger partial charge in [-0.05, 0) is 0 Å². The monoisotopic (exact) mass is 193 g/mol. The molecule has 0 unspecified atom stereocenters. The van der Waals surface area contributed by atoms with Crippen LogP contribution in [0.2, 0.25) is 0 Å². The van der Waals surface area contributed by atoms with Crippen LogP contribution in [0.15, 0.2) is 15.4 Å². The summed E-state index contributed by atoms with van der Waals surface area (Å²) in [6.07, 6.45) is 1.54. The molecule has 0 amide bonds. The van der Waals surface area contributed by atoms with Gasteiger partial charge in [0.25, 0.3) is 0 Å². The lowest BCUT2D eigenvalue weighted by Gasteiger charge is -2.01. The van der Waals surface area contributed by atoms with E-state index < -0.39 is 5.76 Å². The minimum Gasteiger partial charge on any atom is -0.404 e. The highest BCUT2D eigenvalue weighted by Gasteiger charge is 2.10. The predicted octanol–water partition coefficient (Wildman–Crippen LogP) is 1.04. The SMILES string of the molecule is CC(C)c1ncc2oc(=O)n(C)c2n1. The largest absolute Gasteiger partial charge is 0.420 e. The van der Waals surface area contributed by atoms with Crippen molar-refractivity contribution in [2.24, 2.45) is 7.05 Å². The molecule has 0 fully saturated rings. The fraction of sp³-hybridized carbons (Fsp3) is 0.444.